The van der Waals surface area contributed by atoms with Crippen molar-refractivity contribution in [1.82, 2.24) is 5.32 Å². The number of carboxylic acid groups (broad SMARTS) is 1. The van der Waals surface area contributed by atoms with Crippen LogP contribution in [0.4, 0.5) is 0 Å². The Labute approximate surface area is 99.6 Å². The van der Waals surface area contributed by atoms with Crippen molar-refractivity contribution < 1.29 is 14.7 Å². The molecule has 2 rings (SSSR count). The Morgan fingerprint density at radius 3 is 2.41 bits per heavy atom. The molecule has 1 saturated carbocycles. The maximum Gasteiger partial charge on any atom is 0.336 e. The number of carbonyl (C=O) groups excluding carboxylic acids is 1. The molecule has 0 spiro atoms. The van der Waals surface area contributed by atoms with Crippen molar-refractivity contribution in [2.45, 2.75) is 19.3 Å². The van der Waals surface area contributed by atoms with Crippen LogP contribution in [0.1, 0.15) is 40.0 Å². The van der Waals surface area contributed by atoms with Crippen LogP contribution in [0.3, 0.4) is 0 Å². The largest absolute Gasteiger partial charge is 0.478 e. The first kappa shape index (κ1) is 11.6. The fourth-order valence-corrected chi connectivity index (χ4v) is 1.90. The number of amides is 1. The van der Waals surface area contributed by atoms with Gasteiger partial charge in [0.15, 0.2) is 0 Å². The summed E-state index contributed by atoms with van der Waals surface area (Å²) in [4.78, 5) is 22.8. The number of nitrogens with one attached hydrogen (secondary N) is 1. The van der Waals surface area contributed by atoms with Gasteiger partial charge in [0.25, 0.3) is 5.91 Å². The molecule has 1 aromatic carbocycles. The van der Waals surface area contributed by atoms with E-state index in [-0.39, 0.29) is 17.0 Å². The van der Waals surface area contributed by atoms with E-state index in [1.165, 1.54) is 12.5 Å². The third kappa shape index (κ3) is 2.64. The Morgan fingerprint density at radius 1 is 1.24 bits per heavy atom. The standard InChI is InChI=1S/C13H15NO3/c15-12(14-8-9-4-3-5-9)10-6-1-2-7-11(10)13(16)17/h1-2,6-7,9H,3-5,8H2,(H,14,15)(H,16,17). The molecule has 0 bridgehead atoms. The van der Waals surface area contributed by atoms with E-state index < -0.39 is 5.97 Å². The number of carboxylic acids is 1. The van der Waals surface area contributed by atoms with Gasteiger partial charge in [-0.15, -0.1) is 0 Å². The van der Waals surface area contributed by atoms with Crippen molar-refractivity contribution in [2.24, 2.45) is 5.92 Å². The lowest BCUT2D eigenvalue weighted by molar-refractivity contribution is 0.0690. The van der Waals surface area contributed by atoms with Gasteiger partial charge in [-0.2, -0.15) is 0 Å². The molecule has 1 aliphatic carbocycles. The smallest absolute Gasteiger partial charge is 0.336 e. The molecule has 4 nitrogen and oxygen atoms in total. The summed E-state index contributed by atoms with van der Waals surface area (Å²) < 4.78 is 0. The van der Waals surface area contributed by atoms with Crippen LogP contribution in [0.25, 0.3) is 0 Å². The van der Waals surface area contributed by atoms with Gasteiger partial charge in [0.2, 0.25) is 0 Å². The van der Waals surface area contributed by atoms with Crippen molar-refractivity contribution in [1.29, 1.82) is 0 Å². The van der Waals surface area contributed by atoms with Gasteiger partial charge < -0.3 is 10.4 Å². The maximum absolute atomic E-state index is 11.8. The van der Waals surface area contributed by atoms with E-state index in [1.54, 1.807) is 18.2 Å². The second-order valence-electron chi connectivity index (χ2n) is 4.36. The van der Waals surface area contributed by atoms with E-state index in [9.17, 15) is 9.59 Å². The van der Waals surface area contributed by atoms with E-state index in [0.29, 0.717) is 12.5 Å². The average molecular weight is 233 g/mol. The number of hydrogen-bond acceptors (Lipinski definition) is 2. The van der Waals surface area contributed by atoms with Crippen LogP contribution < -0.4 is 5.32 Å². The van der Waals surface area contributed by atoms with Crippen molar-refractivity contribution in [3.05, 3.63) is 35.4 Å². The first-order valence-electron chi connectivity index (χ1n) is 5.79. The Balaban J connectivity index is 2.04. The second kappa shape index (κ2) is 4.99. The highest BCUT2D eigenvalue weighted by Gasteiger charge is 2.20. The molecule has 1 fully saturated rings. The zero-order valence-electron chi connectivity index (χ0n) is 9.48. The molecule has 1 aromatic rings. The number of aromatic carboxylic acids is 1. The lowest BCUT2D eigenvalue weighted by Crippen LogP contribution is -2.32. The molecular formula is C13H15NO3. The summed E-state index contributed by atoms with van der Waals surface area (Å²) in [6.45, 7) is 0.646. The van der Waals surface area contributed by atoms with Crippen LogP contribution >= 0.6 is 0 Å². The van der Waals surface area contributed by atoms with E-state index in [1.807, 2.05) is 0 Å². The second-order valence-corrected chi connectivity index (χ2v) is 4.36. The summed E-state index contributed by atoms with van der Waals surface area (Å²) in [5.41, 5.74) is 0.290. The third-order valence-electron chi connectivity index (χ3n) is 3.18. The van der Waals surface area contributed by atoms with Crippen LogP contribution in [0.15, 0.2) is 24.3 Å². The van der Waals surface area contributed by atoms with Crippen molar-refractivity contribution in [3.8, 4) is 0 Å². The normalized spacial score (nSPS) is 15.1. The summed E-state index contributed by atoms with van der Waals surface area (Å²) in [7, 11) is 0. The van der Waals surface area contributed by atoms with Gasteiger partial charge in [0.1, 0.15) is 0 Å². The zero-order chi connectivity index (χ0) is 12.3. The summed E-state index contributed by atoms with van der Waals surface area (Å²) >= 11 is 0. The molecular weight excluding hydrogens is 218 g/mol. The van der Waals surface area contributed by atoms with Gasteiger partial charge in [-0.25, -0.2) is 4.79 Å². The van der Waals surface area contributed by atoms with E-state index >= 15 is 0 Å². The highest BCUT2D eigenvalue weighted by Crippen LogP contribution is 2.25. The van der Waals surface area contributed by atoms with Crippen LogP contribution in [-0.4, -0.2) is 23.5 Å². The molecule has 0 unspecified atom stereocenters. The monoisotopic (exact) mass is 233 g/mol. The molecule has 2 N–H and O–H groups in total. The Kier molecular flexibility index (Phi) is 3.42. The van der Waals surface area contributed by atoms with Crippen LogP contribution in [0.2, 0.25) is 0 Å². The lowest BCUT2D eigenvalue weighted by atomic mass is 9.85. The molecule has 17 heavy (non-hydrogen) atoms. The molecule has 1 aliphatic rings. The molecule has 0 heterocycles. The van der Waals surface area contributed by atoms with Gasteiger partial charge in [0.05, 0.1) is 11.1 Å². The van der Waals surface area contributed by atoms with E-state index in [4.69, 9.17) is 5.11 Å². The fraction of sp³-hybridized carbons (Fsp3) is 0.385. The molecule has 4 heteroatoms. The minimum Gasteiger partial charge on any atom is -0.478 e. The number of carbonyl (C=O) groups is 2. The topological polar surface area (TPSA) is 66.4 Å². The van der Waals surface area contributed by atoms with Crippen molar-refractivity contribution in [2.75, 3.05) is 6.54 Å². The minimum absolute atomic E-state index is 0.0543. The third-order valence-corrected chi connectivity index (χ3v) is 3.18. The van der Waals surface area contributed by atoms with Gasteiger partial charge in [-0.05, 0) is 30.9 Å². The maximum atomic E-state index is 11.8. The SMILES string of the molecule is O=C(O)c1ccccc1C(=O)NCC1CCC1. The summed E-state index contributed by atoms with van der Waals surface area (Å²) in [5.74, 6) is -0.801. The number of benzene rings is 1. The van der Waals surface area contributed by atoms with Gasteiger partial charge in [-0.3, -0.25) is 4.79 Å². The average Bonchev–Trinajstić information content (AvgIpc) is 2.26. The quantitative estimate of drug-likeness (QED) is 0.834. The molecule has 1 amide bonds. The van der Waals surface area contributed by atoms with Gasteiger partial charge in [-0.1, -0.05) is 18.6 Å². The number of hydrogen-bond donors (Lipinski definition) is 2. The van der Waals surface area contributed by atoms with Crippen LogP contribution in [0.5, 0.6) is 0 Å². The summed E-state index contributed by atoms with van der Waals surface area (Å²) in [6.07, 6.45) is 3.54. The van der Waals surface area contributed by atoms with Crippen LogP contribution in [-0.2, 0) is 0 Å². The van der Waals surface area contributed by atoms with Gasteiger partial charge in [0, 0.05) is 6.54 Å². The molecule has 0 radical (unpaired) electrons. The number of rotatable bonds is 4. The molecule has 90 valence electrons. The Hall–Kier alpha value is -1.84. The summed E-state index contributed by atoms with van der Waals surface area (Å²) in [6, 6.07) is 6.27. The zero-order valence-corrected chi connectivity index (χ0v) is 9.48. The minimum atomic E-state index is -1.07. The highest BCUT2D eigenvalue weighted by atomic mass is 16.4. The first-order chi connectivity index (χ1) is 8.18. The lowest BCUT2D eigenvalue weighted by Gasteiger charge is -2.25. The molecule has 0 atom stereocenters. The van der Waals surface area contributed by atoms with E-state index in [0.717, 1.165) is 12.8 Å². The van der Waals surface area contributed by atoms with Crippen LogP contribution in [0, 0.1) is 5.92 Å². The first-order valence-corrected chi connectivity index (χ1v) is 5.79. The molecule has 0 aliphatic heterocycles. The Morgan fingerprint density at radius 2 is 1.88 bits per heavy atom. The van der Waals surface area contributed by atoms with Gasteiger partial charge >= 0.3 is 5.97 Å². The highest BCUT2D eigenvalue weighted by molar-refractivity contribution is 6.04. The predicted octanol–water partition coefficient (Wildman–Crippen LogP) is 1.91. The van der Waals surface area contributed by atoms with E-state index in [2.05, 4.69) is 5.32 Å². The summed E-state index contributed by atoms with van der Waals surface area (Å²) in [5, 5.41) is 11.8. The Bertz CT molecular complexity index is 438. The molecule has 0 aromatic heterocycles. The van der Waals surface area contributed by atoms with Crippen molar-refractivity contribution in [3.63, 3.8) is 0 Å². The predicted molar refractivity (Wildman–Crippen MR) is 63.1 cm³/mol. The van der Waals surface area contributed by atoms with Crippen molar-refractivity contribution >= 4 is 11.9 Å². The fourth-order valence-electron chi connectivity index (χ4n) is 1.90. The molecule has 0 saturated heterocycles.